The van der Waals surface area contributed by atoms with Crippen LogP contribution in [0.15, 0.2) is 30.5 Å². The standard InChI is InChI=1S/C23H30N6O9/c1-10(30)19(29-21(35)15(8-17(25)31)27-20(34)13(24)7-18(32)33)22(36)28-16(23(37)38)6-11-9-26-14-5-3-2-4-12(11)14/h2-5,9-10,13,15-16,19,26,30H,6-8,24H2,1H3,(H2,25,31)(H,27,34)(H,28,36)(H,29,35)(H,32,33)(H,37,38). The van der Waals surface area contributed by atoms with Gasteiger partial charge in [0.05, 0.1) is 25.0 Å². The summed E-state index contributed by atoms with van der Waals surface area (Å²) < 4.78 is 0. The Labute approximate surface area is 215 Å². The predicted molar refractivity (Wildman–Crippen MR) is 131 cm³/mol. The van der Waals surface area contributed by atoms with Crippen LogP contribution >= 0.6 is 0 Å². The largest absolute Gasteiger partial charge is 0.481 e. The molecule has 2 rings (SSSR count). The number of nitrogens with one attached hydrogen (secondary N) is 4. The Balaban J connectivity index is 2.16. The van der Waals surface area contributed by atoms with Gasteiger partial charge in [-0.2, -0.15) is 0 Å². The molecule has 5 atom stereocenters. The molecule has 2 aromatic rings. The van der Waals surface area contributed by atoms with E-state index in [4.69, 9.17) is 16.6 Å². The molecule has 0 radical (unpaired) electrons. The molecule has 0 aliphatic rings. The molecule has 1 aromatic heterocycles. The number of aliphatic carboxylic acids is 2. The number of amides is 4. The Hall–Kier alpha value is -4.50. The van der Waals surface area contributed by atoms with Gasteiger partial charge in [-0.05, 0) is 18.6 Å². The number of carbonyl (C=O) groups excluding carboxylic acids is 4. The fourth-order valence-corrected chi connectivity index (χ4v) is 3.61. The fourth-order valence-electron chi connectivity index (χ4n) is 3.61. The number of H-pyrrole nitrogens is 1. The van der Waals surface area contributed by atoms with Crippen molar-refractivity contribution in [2.45, 2.75) is 56.5 Å². The Morgan fingerprint density at radius 3 is 2.13 bits per heavy atom. The summed E-state index contributed by atoms with van der Waals surface area (Å²) in [6.07, 6.45) is -1.53. The first kappa shape index (κ1) is 29.7. The van der Waals surface area contributed by atoms with Gasteiger partial charge in [0.25, 0.3) is 0 Å². The number of carboxylic acid groups (broad SMARTS) is 2. The predicted octanol–water partition coefficient (Wildman–Crippen LogP) is -2.69. The molecule has 5 unspecified atom stereocenters. The number of aromatic amines is 1. The molecule has 38 heavy (non-hydrogen) atoms. The van der Waals surface area contributed by atoms with Crippen LogP contribution < -0.4 is 27.4 Å². The van der Waals surface area contributed by atoms with Crippen LogP contribution in [0.3, 0.4) is 0 Å². The van der Waals surface area contributed by atoms with E-state index in [2.05, 4.69) is 20.9 Å². The number of hydrogen-bond acceptors (Lipinski definition) is 8. The van der Waals surface area contributed by atoms with Crippen LogP contribution in [0.25, 0.3) is 10.9 Å². The molecule has 0 saturated heterocycles. The van der Waals surface area contributed by atoms with Crippen LogP contribution in [0.5, 0.6) is 0 Å². The van der Waals surface area contributed by atoms with Crippen molar-refractivity contribution in [3.63, 3.8) is 0 Å². The highest BCUT2D eigenvalue weighted by Gasteiger charge is 2.33. The third-order valence-electron chi connectivity index (χ3n) is 5.55. The molecule has 206 valence electrons. The van der Waals surface area contributed by atoms with Crippen molar-refractivity contribution in [2.75, 3.05) is 0 Å². The number of fused-ring (bicyclic) bond motifs is 1. The Morgan fingerprint density at radius 2 is 1.55 bits per heavy atom. The molecular formula is C23H30N6O9. The van der Waals surface area contributed by atoms with Crippen molar-refractivity contribution < 1.29 is 44.1 Å². The quantitative estimate of drug-likeness (QED) is 0.121. The first-order chi connectivity index (χ1) is 17.8. The third kappa shape index (κ3) is 8.28. The Kier molecular flexibility index (Phi) is 10.3. The summed E-state index contributed by atoms with van der Waals surface area (Å²) in [4.78, 5) is 74.9. The average molecular weight is 535 g/mol. The second-order valence-corrected chi connectivity index (χ2v) is 8.63. The highest BCUT2D eigenvalue weighted by Crippen LogP contribution is 2.19. The number of para-hydroxylation sites is 1. The molecule has 11 N–H and O–H groups in total. The molecule has 0 bridgehead atoms. The van der Waals surface area contributed by atoms with Gasteiger partial charge in [-0.1, -0.05) is 18.2 Å². The number of nitrogens with two attached hydrogens (primary N) is 2. The minimum atomic E-state index is -1.69. The lowest BCUT2D eigenvalue weighted by Crippen LogP contribution is -2.60. The van der Waals surface area contributed by atoms with Gasteiger partial charge in [0.15, 0.2) is 0 Å². The average Bonchev–Trinajstić information content (AvgIpc) is 3.23. The van der Waals surface area contributed by atoms with Gasteiger partial charge in [0.1, 0.15) is 18.1 Å². The Morgan fingerprint density at radius 1 is 0.921 bits per heavy atom. The highest BCUT2D eigenvalue weighted by atomic mass is 16.4. The minimum absolute atomic E-state index is 0.118. The van der Waals surface area contributed by atoms with E-state index in [1.807, 2.05) is 0 Å². The minimum Gasteiger partial charge on any atom is -0.481 e. The van der Waals surface area contributed by atoms with E-state index in [1.54, 1.807) is 30.5 Å². The van der Waals surface area contributed by atoms with Crippen LogP contribution in [-0.2, 0) is 35.2 Å². The van der Waals surface area contributed by atoms with Crippen LogP contribution in [0.1, 0.15) is 25.3 Å². The fraction of sp³-hybridized carbons (Fsp3) is 0.391. The zero-order chi connectivity index (χ0) is 28.6. The van der Waals surface area contributed by atoms with E-state index in [1.165, 1.54) is 0 Å². The number of carbonyl (C=O) groups is 6. The number of rotatable bonds is 14. The van der Waals surface area contributed by atoms with Gasteiger partial charge in [0.2, 0.25) is 23.6 Å². The van der Waals surface area contributed by atoms with Crippen molar-refractivity contribution in [1.29, 1.82) is 0 Å². The molecule has 0 saturated carbocycles. The normalized spacial score (nSPS) is 14.9. The van der Waals surface area contributed by atoms with Crippen LogP contribution in [0, 0.1) is 0 Å². The summed E-state index contributed by atoms with van der Waals surface area (Å²) in [7, 11) is 0. The number of aliphatic hydroxyl groups is 1. The van der Waals surface area contributed by atoms with Gasteiger partial charge in [-0.15, -0.1) is 0 Å². The van der Waals surface area contributed by atoms with Gasteiger partial charge in [-0.3, -0.25) is 24.0 Å². The molecule has 0 spiro atoms. The maximum absolute atomic E-state index is 12.9. The molecular weight excluding hydrogens is 504 g/mol. The van der Waals surface area contributed by atoms with Crippen molar-refractivity contribution in [1.82, 2.24) is 20.9 Å². The molecule has 0 aliphatic heterocycles. The zero-order valence-electron chi connectivity index (χ0n) is 20.3. The molecule has 1 heterocycles. The summed E-state index contributed by atoms with van der Waals surface area (Å²) in [5.41, 5.74) is 12.0. The lowest BCUT2D eigenvalue weighted by Gasteiger charge is -2.26. The van der Waals surface area contributed by atoms with E-state index in [0.717, 1.165) is 17.8 Å². The van der Waals surface area contributed by atoms with Gasteiger partial charge in [0, 0.05) is 23.5 Å². The lowest BCUT2D eigenvalue weighted by atomic mass is 10.0. The summed E-state index contributed by atoms with van der Waals surface area (Å²) in [6, 6.07) is 0.800. The van der Waals surface area contributed by atoms with Crippen LogP contribution in [-0.4, -0.2) is 86.1 Å². The molecule has 15 heteroatoms. The number of primary amides is 1. The summed E-state index contributed by atoms with van der Waals surface area (Å²) >= 11 is 0. The van der Waals surface area contributed by atoms with Gasteiger partial charge in [-0.25, -0.2) is 4.79 Å². The smallest absolute Gasteiger partial charge is 0.326 e. The maximum atomic E-state index is 12.9. The molecule has 0 aliphatic carbocycles. The topological polar surface area (TPSA) is 267 Å². The van der Waals surface area contributed by atoms with Crippen molar-refractivity contribution in [2.24, 2.45) is 11.5 Å². The van der Waals surface area contributed by atoms with Gasteiger partial charge >= 0.3 is 11.9 Å². The van der Waals surface area contributed by atoms with Crippen LogP contribution in [0.4, 0.5) is 0 Å². The number of aromatic nitrogens is 1. The third-order valence-corrected chi connectivity index (χ3v) is 5.55. The maximum Gasteiger partial charge on any atom is 0.326 e. The highest BCUT2D eigenvalue weighted by molar-refractivity contribution is 5.97. The number of carboxylic acids is 2. The number of benzene rings is 1. The summed E-state index contributed by atoms with van der Waals surface area (Å²) in [5, 5.41) is 35.8. The SMILES string of the molecule is CC(O)C(NC(=O)C(CC(N)=O)NC(=O)C(N)CC(=O)O)C(=O)NC(Cc1c[nH]c2ccccc12)C(=O)O. The molecule has 4 amide bonds. The second kappa shape index (κ2) is 13.2. The number of hydrogen-bond donors (Lipinski definition) is 9. The zero-order valence-corrected chi connectivity index (χ0v) is 20.3. The van der Waals surface area contributed by atoms with E-state index in [-0.39, 0.29) is 6.42 Å². The first-order valence-electron chi connectivity index (χ1n) is 11.4. The number of aliphatic hydroxyl groups excluding tert-OH is 1. The molecule has 15 nitrogen and oxygen atoms in total. The summed E-state index contributed by atoms with van der Waals surface area (Å²) in [5.74, 6) is -7.01. The molecule has 0 fully saturated rings. The lowest BCUT2D eigenvalue weighted by molar-refractivity contribution is -0.143. The van der Waals surface area contributed by atoms with Crippen molar-refractivity contribution in [3.05, 3.63) is 36.0 Å². The van der Waals surface area contributed by atoms with E-state index < -0.39 is 78.7 Å². The summed E-state index contributed by atoms with van der Waals surface area (Å²) in [6.45, 7) is 1.16. The molecule has 1 aromatic carbocycles. The monoisotopic (exact) mass is 534 g/mol. The second-order valence-electron chi connectivity index (χ2n) is 8.63. The Bertz CT molecular complexity index is 1210. The van der Waals surface area contributed by atoms with Crippen LogP contribution in [0.2, 0.25) is 0 Å². The van der Waals surface area contributed by atoms with Crippen molar-refractivity contribution in [3.8, 4) is 0 Å². The van der Waals surface area contributed by atoms with E-state index >= 15 is 0 Å². The van der Waals surface area contributed by atoms with E-state index in [0.29, 0.717) is 5.56 Å². The first-order valence-corrected chi connectivity index (χ1v) is 11.4. The van der Waals surface area contributed by atoms with Gasteiger partial charge < -0.3 is 47.7 Å². The van der Waals surface area contributed by atoms with E-state index in [9.17, 15) is 39.0 Å². The van der Waals surface area contributed by atoms with Crippen molar-refractivity contribution >= 4 is 46.5 Å².